The standard InChI is InChI=1S/C2H5Cl.C2H4O2/c1-2-3;1-2(3)4/h2H2,1H3;1H3,(H,3,4). The van der Waals surface area contributed by atoms with Crippen LogP contribution in [0.15, 0.2) is 0 Å². The number of aliphatic carboxylic acids is 1. The van der Waals surface area contributed by atoms with E-state index in [-0.39, 0.29) is 0 Å². The average Bonchev–Trinajstić information content (AvgIpc) is 1.33. The second-order valence-electron chi connectivity index (χ2n) is 0.786. The van der Waals surface area contributed by atoms with Crippen LogP contribution in [-0.4, -0.2) is 17.0 Å². The summed E-state index contributed by atoms with van der Waals surface area (Å²) in [7, 11) is 0. The molecule has 0 fully saturated rings. The summed E-state index contributed by atoms with van der Waals surface area (Å²) in [6.45, 7) is 2.97. The van der Waals surface area contributed by atoms with Crippen molar-refractivity contribution in [2.45, 2.75) is 13.8 Å². The summed E-state index contributed by atoms with van der Waals surface area (Å²) in [4.78, 5) is 9.00. The zero-order chi connectivity index (χ0) is 6.28. The zero-order valence-electron chi connectivity index (χ0n) is 4.44. The van der Waals surface area contributed by atoms with Gasteiger partial charge in [0.1, 0.15) is 0 Å². The molecule has 0 radical (unpaired) electrons. The second kappa shape index (κ2) is 9.23. The maximum atomic E-state index is 9.00. The molecule has 0 aliphatic carbocycles. The third-order valence-electron chi connectivity index (χ3n) is 0. The average molecular weight is 125 g/mol. The Hall–Kier alpha value is -0.240. The molecule has 0 aromatic carbocycles. The van der Waals surface area contributed by atoms with Crippen LogP contribution in [0.1, 0.15) is 13.8 Å². The van der Waals surface area contributed by atoms with Crippen molar-refractivity contribution in [2.75, 3.05) is 5.88 Å². The summed E-state index contributed by atoms with van der Waals surface area (Å²) >= 11 is 5.00. The molecule has 1 N–H and O–H groups in total. The molecule has 44 valence electrons. The number of carbonyl (C=O) groups is 1. The minimum Gasteiger partial charge on any atom is -0.481 e. The maximum absolute atomic E-state index is 9.00. The number of halogens is 1. The van der Waals surface area contributed by atoms with E-state index in [1.54, 1.807) is 0 Å². The summed E-state index contributed by atoms with van der Waals surface area (Å²) in [5.74, 6) is -0.111. The summed E-state index contributed by atoms with van der Waals surface area (Å²) in [5.41, 5.74) is 0. The topological polar surface area (TPSA) is 37.3 Å². The van der Waals surface area contributed by atoms with Crippen LogP contribution in [-0.2, 0) is 4.79 Å². The van der Waals surface area contributed by atoms with E-state index in [1.807, 2.05) is 6.92 Å². The molecular weight excluding hydrogens is 115 g/mol. The molecule has 2 nitrogen and oxygen atoms in total. The van der Waals surface area contributed by atoms with Crippen LogP contribution in [0.2, 0.25) is 0 Å². The highest BCUT2D eigenvalue weighted by Crippen LogP contribution is 1.59. The fourth-order valence-corrected chi connectivity index (χ4v) is 0. The van der Waals surface area contributed by atoms with Crippen LogP contribution < -0.4 is 0 Å². The fourth-order valence-electron chi connectivity index (χ4n) is 0. The van der Waals surface area contributed by atoms with E-state index in [0.717, 1.165) is 12.8 Å². The first kappa shape index (κ1) is 9.90. The van der Waals surface area contributed by atoms with E-state index in [4.69, 9.17) is 21.5 Å². The molecule has 0 saturated carbocycles. The van der Waals surface area contributed by atoms with Gasteiger partial charge in [0.25, 0.3) is 5.97 Å². The molecular formula is C4H9ClO2. The Labute approximate surface area is 48.1 Å². The number of carboxylic acids is 1. The molecule has 0 saturated heterocycles. The number of rotatable bonds is 0. The predicted octanol–water partition coefficient (Wildman–Crippen LogP) is 1.34. The minimum absolute atomic E-state index is 0.722. The van der Waals surface area contributed by atoms with Gasteiger partial charge in [-0.05, 0) is 0 Å². The SMILES string of the molecule is CC(=O)O.CCCl. The smallest absolute Gasteiger partial charge is 0.300 e. The Morgan fingerprint density at radius 3 is 1.86 bits per heavy atom. The highest BCUT2D eigenvalue weighted by molar-refractivity contribution is 6.17. The van der Waals surface area contributed by atoms with E-state index in [1.165, 1.54) is 0 Å². The highest BCUT2D eigenvalue weighted by atomic mass is 35.5. The second-order valence-corrected chi connectivity index (χ2v) is 1.32. The van der Waals surface area contributed by atoms with Gasteiger partial charge in [0.15, 0.2) is 0 Å². The summed E-state index contributed by atoms with van der Waals surface area (Å²) in [5, 5.41) is 7.42. The summed E-state index contributed by atoms with van der Waals surface area (Å²) in [6.07, 6.45) is 0. The van der Waals surface area contributed by atoms with Gasteiger partial charge in [0.05, 0.1) is 0 Å². The molecule has 0 aromatic rings. The Morgan fingerprint density at radius 1 is 1.86 bits per heavy atom. The molecule has 0 aromatic heterocycles. The van der Waals surface area contributed by atoms with Crippen molar-refractivity contribution in [1.82, 2.24) is 0 Å². The van der Waals surface area contributed by atoms with Crippen LogP contribution in [0.4, 0.5) is 0 Å². The van der Waals surface area contributed by atoms with E-state index >= 15 is 0 Å². The van der Waals surface area contributed by atoms with Gasteiger partial charge >= 0.3 is 0 Å². The van der Waals surface area contributed by atoms with Crippen LogP contribution in [0.25, 0.3) is 0 Å². The van der Waals surface area contributed by atoms with Gasteiger partial charge in [0.2, 0.25) is 0 Å². The molecule has 0 aliphatic rings. The summed E-state index contributed by atoms with van der Waals surface area (Å²) in [6, 6.07) is 0. The maximum Gasteiger partial charge on any atom is 0.300 e. The number of hydrogen-bond acceptors (Lipinski definition) is 1. The first-order valence-electron chi connectivity index (χ1n) is 1.90. The van der Waals surface area contributed by atoms with Gasteiger partial charge < -0.3 is 5.11 Å². The quantitative estimate of drug-likeness (QED) is 0.495. The normalized spacial score (nSPS) is 6.14. The Balaban J connectivity index is 0. The monoisotopic (exact) mass is 124 g/mol. The molecule has 0 amide bonds. The number of carboxylic acid groups (broad SMARTS) is 1. The third-order valence-corrected chi connectivity index (χ3v) is 0. The van der Waals surface area contributed by atoms with Crippen molar-refractivity contribution in [1.29, 1.82) is 0 Å². The lowest BCUT2D eigenvalue weighted by atomic mass is 10.9. The lowest BCUT2D eigenvalue weighted by molar-refractivity contribution is -0.134. The zero-order valence-corrected chi connectivity index (χ0v) is 5.20. The van der Waals surface area contributed by atoms with Crippen molar-refractivity contribution < 1.29 is 9.90 Å². The molecule has 0 bridgehead atoms. The van der Waals surface area contributed by atoms with Gasteiger partial charge in [-0.2, -0.15) is 0 Å². The van der Waals surface area contributed by atoms with E-state index in [2.05, 4.69) is 0 Å². The Kier molecular flexibility index (Phi) is 13.1. The van der Waals surface area contributed by atoms with E-state index < -0.39 is 5.97 Å². The van der Waals surface area contributed by atoms with Gasteiger partial charge in [-0.15, -0.1) is 11.6 Å². The van der Waals surface area contributed by atoms with Crippen LogP contribution in [0.5, 0.6) is 0 Å². The number of hydrogen-bond donors (Lipinski definition) is 1. The van der Waals surface area contributed by atoms with Crippen LogP contribution in [0.3, 0.4) is 0 Å². The molecule has 0 aliphatic heterocycles. The molecule has 0 unspecified atom stereocenters. The molecule has 0 spiro atoms. The third kappa shape index (κ3) is 1410. The number of alkyl halides is 1. The fraction of sp³-hybridized carbons (Fsp3) is 0.750. The first-order valence-corrected chi connectivity index (χ1v) is 2.44. The van der Waals surface area contributed by atoms with Crippen molar-refractivity contribution in [3.63, 3.8) is 0 Å². The highest BCUT2D eigenvalue weighted by Gasteiger charge is 1.65. The lowest BCUT2D eigenvalue weighted by Gasteiger charge is -1.59. The van der Waals surface area contributed by atoms with Crippen molar-refractivity contribution in [3.8, 4) is 0 Å². The largest absolute Gasteiger partial charge is 0.481 e. The molecule has 0 heterocycles. The van der Waals surface area contributed by atoms with Crippen LogP contribution >= 0.6 is 11.6 Å². The first-order chi connectivity index (χ1) is 3.15. The van der Waals surface area contributed by atoms with Crippen molar-refractivity contribution in [3.05, 3.63) is 0 Å². The lowest BCUT2D eigenvalue weighted by Crippen LogP contribution is -1.78. The minimum atomic E-state index is -0.833. The van der Waals surface area contributed by atoms with E-state index in [9.17, 15) is 0 Å². The molecule has 0 rings (SSSR count). The van der Waals surface area contributed by atoms with Crippen LogP contribution in [0, 0.1) is 0 Å². The predicted molar refractivity (Wildman–Crippen MR) is 29.7 cm³/mol. The Morgan fingerprint density at radius 2 is 1.86 bits per heavy atom. The Bertz CT molecular complexity index is 41.0. The molecule has 7 heavy (non-hydrogen) atoms. The molecule has 0 atom stereocenters. The van der Waals surface area contributed by atoms with Gasteiger partial charge in [0, 0.05) is 12.8 Å². The van der Waals surface area contributed by atoms with Gasteiger partial charge in [-0.1, -0.05) is 6.92 Å². The van der Waals surface area contributed by atoms with Crippen molar-refractivity contribution in [2.24, 2.45) is 0 Å². The van der Waals surface area contributed by atoms with E-state index in [0.29, 0.717) is 0 Å². The van der Waals surface area contributed by atoms with Crippen molar-refractivity contribution >= 4 is 17.6 Å². The van der Waals surface area contributed by atoms with Gasteiger partial charge in [-0.3, -0.25) is 4.79 Å². The van der Waals surface area contributed by atoms with Gasteiger partial charge in [-0.25, -0.2) is 0 Å². The summed E-state index contributed by atoms with van der Waals surface area (Å²) < 4.78 is 0. The molecule has 3 heteroatoms.